The molecule has 1 N–H and O–H groups in total. The molecule has 0 bridgehead atoms. The van der Waals surface area contributed by atoms with Crippen LogP contribution in [-0.2, 0) is 16.1 Å². The number of oxime groups is 1. The minimum absolute atomic E-state index is 0.186. The van der Waals surface area contributed by atoms with E-state index in [-0.39, 0.29) is 11.9 Å². The van der Waals surface area contributed by atoms with E-state index >= 15 is 0 Å². The van der Waals surface area contributed by atoms with E-state index in [1.807, 2.05) is 67.6 Å². The number of methoxy groups -OCH3 is 1. The zero-order chi connectivity index (χ0) is 21.6. The van der Waals surface area contributed by atoms with Gasteiger partial charge in [0.05, 0.1) is 18.9 Å². The van der Waals surface area contributed by atoms with Crippen LogP contribution in [0.5, 0.6) is 5.75 Å². The summed E-state index contributed by atoms with van der Waals surface area (Å²) in [4.78, 5) is 22.7. The third kappa shape index (κ3) is 4.91. The van der Waals surface area contributed by atoms with Crippen molar-refractivity contribution in [3.8, 4) is 5.75 Å². The van der Waals surface area contributed by atoms with E-state index in [4.69, 9.17) is 9.57 Å². The average Bonchev–Trinajstić information content (AvgIpc) is 3.27. The molecule has 1 aliphatic heterocycles. The molecule has 0 radical (unpaired) electrons. The Morgan fingerprint density at radius 3 is 2.74 bits per heavy atom. The summed E-state index contributed by atoms with van der Waals surface area (Å²) in [6.07, 6.45) is 3.89. The van der Waals surface area contributed by atoms with Crippen molar-refractivity contribution in [3.63, 3.8) is 0 Å². The Labute approximate surface area is 181 Å². The lowest BCUT2D eigenvalue weighted by atomic mass is 9.95. The zero-order valence-corrected chi connectivity index (χ0v) is 17.6. The molecule has 0 saturated carbocycles. The molecule has 4 rings (SSSR count). The van der Waals surface area contributed by atoms with Gasteiger partial charge in [0.25, 0.3) is 5.91 Å². The van der Waals surface area contributed by atoms with Crippen LogP contribution in [0.1, 0.15) is 34.7 Å². The van der Waals surface area contributed by atoms with E-state index < -0.39 is 6.10 Å². The smallest absolute Gasteiger partial charge is 0.265 e. The van der Waals surface area contributed by atoms with Crippen molar-refractivity contribution in [2.24, 2.45) is 5.16 Å². The molecule has 0 unspecified atom stereocenters. The molecule has 0 fully saturated rings. The third-order valence-electron chi connectivity index (χ3n) is 5.39. The molecule has 1 aromatic heterocycles. The van der Waals surface area contributed by atoms with E-state index in [1.54, 1.807) is 19.5 Å². The van der Waals surface area contributed by atoms with Gasteiger partial charge in [-0.2, -0.15) is 0 Å². The van der Waals surface area contributed by atoms with Crippen LogP contribution in [0.15, 0.2) is 78.2 Å². The first-order valence-corrected chi connectivity index (χ1v) is 10.2. The standard InChI is InChI=1S/C25H25N3O3/c1-17-6-3-4-9-22(17)24(19-10-12-26-13-11-19)27-25(29)23-16-20(28-31-23)14-18-7-5-8-21(15-18)30-2/h3-13,15,23-24H,14,16H2,1-2H3,(H,27,29)/t23-,24+/m0/s1. The molecule has 0 aliphatic carbocycles. The summed E-state index contributed by atoms with van der Waals surface area (Å²) >= 11 is 0. The average molecular weight is 415 g/mol. The van der Waals surface area contributed by atoms with Crippen molar-refractivity contribution in [3.05, 3.63) is 95.3 Å². The maximum absolute atomic E-state index is 13.1. The monoisotopic (exact) mass is 415 g/mol. The zero-order valence-electron chi connectivity index (χ0n) is 17.6. The largest absolute Gasteiger partial charge is 0.497 e. The predicted molar refractivity (Wildman–Crippen MR) is 119 cm³/mol. The van der Waals surface area contributed by atoms with Gasteiger partial charge in [-0.3, -0.25) is 9.78 Å². The molecule has 6 heteroatoms. The van der Waals surface area contributed by atoms with Crippen molar-refractivity contribution in [1.82, 2.24) is 10.3 Å². The van der Waals surface area contributed by atoms with Gasteiger partial charge < -0.3 is 14.9 Å². The Morgan fingerprint density at radius 1 is 1.16 bits per heavy atom. The Balaban J connectivity index is 1.45. The van der Waals surface area contributed by atoms with Crippen LogP contribution in [0.3, 0.4) is 0 Å². The number of rotatable bonds is 7. The highest BCUT2D eigenvalue weighted by Gasteiger charge is 2.30. The summed E-state index contributed by atoms with van der Waals surface area (Å²) < 4.78 is 5.28. The predicted octanol–water partition coefficient (Wildman–Crippen LogP) is 3.99. The molecule has 2 atom stereocenters. The first-order chi connectivity index (χ1) is 15.1. The number of benzene rings is 2. The molecule has 1 aliphatic rings. The first kappa shape index (κ1) is 20.6. The quantitative estimate of drug-likeness (QED) is 0.633. The third-order valence-corrected chi connectivity index (χ3v) is 5.39. The Kier molecular flexibility index (Phi) is 6.26. The lowest BCUT2D eigenvalue weighted by Gasteiger charge is -2.22. The number of nitrogens with one attached hydrogen (secondary N) is 1. The van der Waals surface area contributed by atoms with E-state index in [2.05, 4.69) is 15.5 Å². The highest BCUT2D eigenvalue weighted by atomic mass is 16.6. The molecule has 3 aromatic rings. The lowest BCUT2D eigenvalue weighted by molar-refractivity contribution is -0.131. The SMILES string of the molecule is COc1cccc(CC2=NO[C@H](C(=O)N[C@H](c3ccncc3)c3ccccc3C)C2)c1. The number of aromatic nitrogens is 1. The van der Waals surface area contributed by atoms with Crippen LogP contribution in [0.25, 0.3) is 0 Å². The summed E-state index contributed by atoms with van der Waals surface area (Å²) in [5.41, 5.74) is 5.01. The molecule has 1 amide bonds. The van der Waals surface area contributed by atoms with E-state index in [0.29, 0.717) is 12.8 Å². The Hall–Kier alpha value is -3.67. The van der Waals surface area contributed by atoms with Gasteiger partial charge >= 0.3 is 0 Å². The van der Waals surface area contributed by atoms with Crippen LogP contribution in [0, 0.1) is 6.92 Å². The molecular formula is C25H25N3O3. The molecular weight excluding hydrogens is 390 g/mol. The first-order valence-electron chi connectivity index (χ1n) is 10.2. The van der Waals surface area contributed by atoms with Crippen LogP contribution in [0.2, 0.25) is 0 Å². The molecule has 0 spiro atoms. The van der Waals surface area contributed by atoms with Crippen LogP contribution in [0.4, 0.5) is 0 Å². The van der Waals surface area contributed by atoms with Crippen LogP contribution < -0.4 is 10.1 Å². The molecule has 0 saturated heterocycles. The van der Waals surface area contributed by atoms with Gasteiger partial charge in [-0.1, -0.05) is 41.6 Å². The highest BCUT2D eigenvalue weighted by Crippen LogP contribution is 2.26. The van der Waals surface area contributed by atoms with Crippen molar-refractivity contribution in [2.45, 2.75) is 31.9 Å². The molecule has 2 heterocycles. The Morgan fingerprint density at radius 2 is 1.97 bits per heavy atom. The summed E-state index contributed by atoms with van der Waals surface area (Å²) in [6.45, 7) is 2.04. The summed E-state index contributed by atoms with van der Waals surface area (Å²) in [7, 11) is 1.64. The normalized spacial score (nSPS) is 16.2. The van der Waals surface area contributed by atoms with Crippen molar-refractivity contribution >= 4 is 11.6 Å². The number of carbonyl (C=O) groups excluding carboxylic acids is 1. The van der Waals surface area contributed by atoms with Gasteiger partial charge in [0.1, 0.15) is 5.75 Å². The number of carbonyl (C=O) groups is 1. The van der Waals surface area contributed by atoms with Gasteiger partial charge in [0.15, 0.2) is 0 Å². The second kappa shape index (κ2) is 9.43. The van der Waals surface area contributed by atoms with Gasteiger partial charge in [-0.05, 0) is 53.4 Å². The molecule has 31 heavy (non-hydrogen) atoms. The fourth-order valence-electron chi connectivity index (χ4n) is 3.73. The van der Waals surface area contributed by atoms with Crippen LogP contribution >= 0.6 is 0 Å². The molecule has 2 aromatic carbocycles. The lowest BCUT2D eigenvalue weighted by Crippen LogP contribution is -2.38. The summed E-state index contributed by atoms with van der Waals surface area (Å²) in [5, 5.41) is 7.31. The van der Waals surface area contributed by atoms with Crippen molar-refractivity contribution in [1.29, 1.82) is 0 Å². The van der Waals surface area contributed by atoms with Crippen molar-refractivity contribution < 1.29 is 14.4 Å². The maximum atomic E-state index is 13.1. The number of nitrogens with zero attached hydrogens (tertiary/aromatic N) is 2. The fraction of sp³-hybridized carbons (Fsp3) is 0.240. The Bertz CT molecular complexity index is 1080. The molecule has 158 valence electrons. The van der Waals surface area contributed by atoms with Gasteiger partial charge in [-0.25, -0.2) is 0 Å². The van der Waals surface area contributed by atoms with E-state index in [1.165, 1.54) is 0 Å². The minimum atomic E-state index is -0.644. The number of hydrogen-bond donors (Lipinski definition) is 1. The van der Waals surface area contributed by atoms with Gasteiger partial charge in [-0.15, -0.1) is 0 Å². The van der Waals surface area contributed by atoms with Crippen LogP contribution in [-0.4, -0.2) is 29.8 Å². The summed E-state index contributed by atoms with van der Waals surface area (Å²) in [6, 6.07) is 19.4. The van der Waals surface area contributed by atoms with Gasteiger partial charge in [0.2, 0.25) is 6.10 Å². The number of amides is 1. The van der Waals surface area contributed by atoms with Crippen molar-refractivity contribution in [2.75, 3.05) is 7.11 Å². The highest BCUT2D eigenvalue weighted by molar-refractivity contribution is 5.94. The summed E-state index contributed by atoms with van der Waals surface area (Å²) in [5.74, 6) is 0.610. The number of hydrogen-bond acceptors (Lipinski definition) is 5. The number of pyridine rings is 1. The van der Waals surface area contributed by atoms with Gasteiger partial charge in [0, 0.05) is 25.2 Å². The molecule has 6 nitrogen and oxygen atoms in total. The second-order valence-corrected chi connectivity index (χ2v) is 7.56. The van der Waals surface area contributed by atoms with E-state index in [0.717, 1.165) is 33.7 Å². The van der Waals surface area contributed by atoms with E-state index in [9.17, 15) is 4.79 Å². The fourth-order valence-corrected chi connectivity index (χ4v) is 3.73. The number of aryl methyl sites for hydroxylation is 1. The minimum Gasteiger partial charge on any atom is -0.497 e. The maximum Gasteiger partial charge on any atom is 0.265 e. The number of ether oxygens (including phenoxy) is 1. The topological polar surface area (TPSA) is 72.8 Å². The second-order valence-electron chi connectivity index (χ2n) is 7.56.